The molecule has 0 spiro atoms. The molecule has 0 heterocycles. The number of hydrogen-bond acceptors (Lipinski definition) is 1. The van der Waals surface area contributed by atoms with E-state index in [9.17, 15) is 0 Å². The standard InChI is InChI=1S/C26H30NO/c1-6-19-17-23(18-20(7-2)26(19)28-5)25(21-11-9-8-10-12-21)22-13-15-24(16-14-22)27(3)4/h8-18H,6-7H2,1-5H3/q+1. The first-order chi connectivity index (χ1) is 13.6. The lowest BCUT2D eigenvalue weighted by Crippen LogP contribution is -2.10. The number of allylic oxidation sites excluding steroid dienone is 5. The van der Waals surface area contributed by atoms with Crippen LogP contribution in [0.1, 0.15) is 36.1 Å². The molecule has 2 aromatic carbocycles. The zero-order chi connectivity index (χ0) is 20.1. The molecule has 2 nitrogen and oxygen atoms in total. The number of nitrogens with zero attached hydrogens (tertiary/aromatic N) is 1. The van der Waals surface area contributed by atoms with Gasteiger partial charge in [0.2, 0.25) is 0 Å². The van der Waals surface area contributed by atoms with Gasteiger partial charge in [-0.25, -0.2) is 4.58 Å². The lowest BCUT2D eigenvalue weighted by atomic mass is 9.88. The van der Waals surface area contributed by atoms with Crippen LogP contribution in [0.25, 0.3) is 5.57 Å². The Balaban J connectivity index is 2.26. The average Bonchev–Trinajstić information content (AvgIpc) is 2.74. The molecule has 0 N–H and O–H groups in total. The van der Waals surface area contributed by atoms with Crippen molar-refractivity contribution >= 4 is 11.3 Å². The molecule has 3 rings (SSSR count). The van der Waals surface area contributed by atoms with E-state index >= 15 is 0 Å². The van der Waals surface area contributed by atoms with Gasteiger partial charge in [-0.1, -0.05) is 44.2 Å². The Morgan fingerprint density at radius 2 is 1.39 bits per heavy atom. The minimum atomic E-state index is 0.950. The van der Waals surface area contributed by atoms with Gasteiger partial charge >= 0.3 is 0 Å². The van der Waals surface area contributed by atoms with Crippen LogP contribution in [0.2, 0.25) is 0 Å². The van der Waals surface area contributed by atoms with Crippen molar-refractivity contribution < 1.29 is 9.31 Å². The van der Waals surface area contributed by atoms with Gasteiger partial charge in [0.25, 0.3) is 0 Å². The van der Waals surface area contributed by atoms with Gasteiger partial charge in [0, 0.05) is 12.2 Å². The van der Waals surface area contributed by atoms with E-state index in [1.54, 1.807) is 7.11 Å². The Hall–Kier alpha value is -2.87. The SMILES string of the molecule is CCc1cc(C(=C2C=CC(=[N+](C)C)C=C2)c2ccccc2)cc(CC)c1OC. The second-order valence-electron chi connectivity index (χ2n) is 7.22. The number of rotatable bonds is 5. The summed E-state index contributed by atoms with van der Waals surface area (Å²) in [6, 6.07) is 15.2. The fourth-order valence-electron chi connectivity index (χ4n) is 3.72. The summed E-state index contributed by atoms with van der Waals surface area (Å²) < 4.78 is 7.86. The maximum Gasteiger partial charge on any atom is 0.199 e. The van der Waals surface area contributed by atoms with Gasteiger partial charge in [-0.2, -0.15) is 0 Å². The van der Waals surface area contributed by atoms with Crippen LogP contribution in [0, 0.1) is 0 Å². The van der Waals surface area contributed by atoms with Gasteiger partial charge in [-0.05, 0) is 70.5 Å². The predicted molar refractivity (Wildman–Crippen MR) is 120 cm³/mol. The van der Waals surface area contributed by atoms with E-state index in [1.807, 2.05) is 0 Å². The van der Waals surface area contributed by atoms with Gasteiger partial charge < -0.3 is 4.74 Å². The molecule has 0 amide bonds. The highest BCUT2D eigenvalue weighted by Gasteiger charge is 2.16. The molecule has 144 valence electrons. The fourth-order valence-corrected chi connectivity index (χ4v) is 3.72. The molecular formula is C26H30NO+. The van der Waals surface area contributed by atoms with Crippen molar-refractivity contribution in [2.75, 3.05) is 21.2 Å². The molecule has 1 aliphatic rings. The molecule has 0 atom stereocenters. The van der Waals surface area contributed by atoms with Crippen molar-refractivity contribution in [3.63, 3.8) is 0 Å². The molecule has 0 unspecified atom stereocenters. The molecule has 1 aliphatic carbocycles. The maximum atomic E-state index is 5.73. The van der Waals surface area contributed by atoms with Crippen molar-refractivity contribution in [2.45, 2.75) is 26.7 Å². The summed E-state index contributed by atoms with van der Waals surface area (Å²) in [6.45, 7) is 4.38. The average molecular weight is 373 g/mol. The highest BCUT2D eigenvalue weighted by molar-refractivity contribution is 6.04. The maximum absolute atomic E-state index is 5.73. The van der Waals surface area contributed by atoms with Gasteiger partial charge in [0.05, 0.1) is 7.11 Å². The first-order valence-electron chi connectivity index (χ1n) is 9.99. The Morgan fingerprint density at radius 3 is 1.86 bits per heavy atom. The summed E-state index contributed by atoms with van der Waals surface area (Å²) in [5.41, 5.74) is 8.69. The van der Waals surface area contributed by atoms with E-state index in [1.165, 1.54) is 39.1 Å². The van der Waals surface area contributed by atoms with Crippen LogP contribution in [0.15, 0.2) is 72.3 Å². The zero-order valence-electron chi connectivity index (χ0n) is 17.6. The molecule has 2 aromatic rings. The zero-order valence-corrected chi connectivity index (χ0v) is 17.6. The summed E-state index contributed by atoms with van der Waals surface area (Å²) in [6.07, 6.45) is 10.7. The number of ether oxygens (including phenoxy) is 1. The van der Waals surface area contributed by atoms with Crippen molar-refractivity contribution in [3.05, 3.63) is 94.6 Å². The monoisotopic (exact) mass is 372 g/mol. The molecule has 0 bridgehead atoms. The predicted octanol–water partition coefficient (Wildman–Crippen LogP) is 5.46. The van der Waals surface area contributed by atoms with Crippen LogP contribution in [0.5, 0.6) is 5.75 Å². The van der Waals surface area contributed by atoms with E-state index in [2.05, 4.69) is 99.3 Å². The highest BCUT2D eigenvalue weighted by atomic mass is 16.5. The van der Waals surface area contributed by atoms with Crippen molar-refractivity contribution in [2.24, 2.45) is 0 Å². The first kappa shape index (κ1) is 19.9. The summed E-state index contributed by atoms with van der Waals surface area (Å²) >= 11 is 0. The summed E-state index contributed by atoms with van der Waals surface area (Å²) in [5, 5.41) is 0. The van der Waals surface area contributed by atoms with Crippen LogP contribution >= 0.6 is 0 Å². The topological polar surface area (TPSA) is 12.2 Å². The van der Waals surface area contributed by atoms with Gasteiger partial charge in [-0.15, -0.1) is 0 Å². The normalized spacial score (nSPS) is 13.0. The Labute approximate surface area is 169 Å². The van der Waals surface area contributed by atoms with Gasteiger partial charge in [-0.3, -0.25) is 0 Å². The quantitative estimate of drug-likeness (QED) is 0.635. The lowest BCUT2D eigenvalue weighted by Gasteiger charge is -2.18. The molecule has 0 saturated carbocycles. The summed E-state index contributed by atoms with van der Waals surface area (Å²) in [4.78, 5) is 0. The third-order valence-electron chi connectivity index (χ3n) is 5.23. The van der Waals surface area contributed by atoms with E-state index in [0.717, 1.165) is 18.6 Å². The number of benzene rings is 2. The van der Waals surface area contributed by atoms with Gasteiger partial charge in [0.15, 0.2) is 5.71 Å². The van der Waals surface area contributed by atoms with Crippen LogP contribution in [-0.4, -0.2) is 31.5 Å². The molecule has 2 heteroatoms. The van der Waals surface area contributed by atoms with Gasteiger partial charge in [0.1, 0.15) is 19.8 Å². The minimum Gasteiger partial charge on any atom is -0.496 e. The molecular weight excluding hydrogens is 342 g/mol. The Bertz CT molecular complexity index is 928. The minimum absolute atomic E-state index is 0.950. The molecule has 0 radical (unpaired) electrons. The second kappa shape index (κ2) is 8.88. The van der Waals surface area contributed by atoms with Crippen LogP contribution in [0.3, 0.4) is 0 Å². The molecule has 0 fully saturated rings. The first-order valence-corrected chi connectivity index (χ1v) is 9.99. The van der Waals surface area contributed by atoms with Crippen molar-refractivity contribution in [1.29, 1.82) is 0 Å². The smallest absolute Gasteiger partial charge is 0.199 e. The van der Waals surface area contributed by atoms with E-state index in [0.29, 0.717) is 0 Å². The number of aryl methyl sites for hydroxylation is 2. The van der Waals surface area contributed by atoms with Crippen LogP contribution in [-0.2, 0) is 12.8 Å². The third-order valence-corrected chi connectivity index (χ3v) is 5.23. The van der Waals surface area contributed by atoms with Crippen LogP contribution < -0.4 is 4.74 Å². The molecule has 0 saturated heterocycles. The number of hydrogen-bond donors (Lipinski definition) is 0. The summed E-state index contributed by atoms with van der Waals surface area (Å²) in [5.74, 6) is 1.03. The van der Waals surface area contributed by atoms with E-state index in [-0.39, 0.29) is 0 Å². The van der Waals surface area contributed by atoms with Crippen molar-refractivity contribution in [1.82, 2.24) is 0 Å². The van der Waals surface area contributed by atoms with Crippen LogP contribution in [0.4, 0.5) is 0 Å². The lowest BCUT2D eigenvalue weighted by molar-refractivity contribution is -0.462. The largest absolute Gasteiger partial charge is 0.496 e. The second-order valence-corrected chi connectivity index (χ2v) is 7.22. The third kappa shape index (κ3) is 4.01. The van der Waals surface area contributed by atoms with Crippen molar-refractivity contribution in [3.8, 4) is 5.75 Å². The fraction of sp³-hybridized carbons (Fsp3) is 0.269. The molecule has 28 heavy (non-hydrogen) atoms. The Morgan fingerprint density at radius 1 is 0.821 bits per heavy atom. The van der Waals surface area contributed by atoms with E-state index in [4.69, 9.17) is 4.74 Å². The molecule has 0 aromatic heterocycles. The Kier molecular flexibility index (Phi) is 6.30. The molecule has 0 aliphatic heterocycles. The summed E-state index contributed by atoms with van der Waals surface area (Å²) in [7, 11) is 5.91. The van der Waals surface area contributed by atoms with E-state index < -0.39 is 0 Å². The highest BCUT2D eigenvalue weighted by Crippen LogP contribution is 2.35. The number of methoxy groups -OCH3 is 1.